The number of amidine groups is 1. The summed E-state index contributed by atoms with van der Waals surface area (Å²) in [4.78, 5) is 9.91. The molecule has 3 rings (SSSR count). The van der Waals surface area contributed by atoms with Crippen LogP contribution in [-0.2, 0) is 4.84 Å². The minimum Gasteiger partial charge on any atom is -0.246 e. The molecule has 1 heterocycles. The Kier molecular flexibility index (Phi) is 3.42. The number of hydrogen-bond donors (Lipinski definition) is 1. The number of nitrogens with zero attached hydrogens (tertiary/aromatic N) is 1. The number of rotatable bonds is 2. The fourth-order valence-corrected chi connectivity index (χ4v) is 2.32. The molecule has 0 aromatic heterocycles. The number of nitrogens with one attached hydrogen (secondary N) is 1. The van der Waals surface area contributed by atoms with Gasteiger partial charge >= 0.3 is 0 Å². The second kappa shape index (κ2) is 5.21. The Morgan fingerprint density at radius 1 is 0.947 bits per heavy atom. The van der Waals surface area contributed by atoms with Crippen molar-refractivity contribution in [2.24, 2.45) is 4.99 Å². The average molecular weight is 293 g/mol. The van der Waals surface area contributed by atoms with E-state index in [4.69, 9.17) is 28.0 Å². The Labute approximate surface area is 120 Å². The van der Waals surface area contributed by atoms with Gasteiger partial charge in [-0.25, -0.2) is 15.3 Å². The van der Waals surface area contributed by atoms with Crippen molar-refractivity contribution in [2.45, 2.75) is 6.23 Å². The van der Waals surface area contributed by atoms with E-state index in [0.29, 0.717) is 15.9 Å². The summed E-state index contributed by atoms with van der Waals surface area (Å²) in [6.07, 6.45) is -0.458. The van der Waals surface area contributed by atoms with Crippen LogP contribution in [0.1, 0.15) is 17.4 Å². The van der Waals surface area contributed by atoms with Crippen LogP contribution in [0, 0.1) is 0 Å². The van der Waals surface area contributed by atoms with E-state index in [1.165, 1.54) is 0 Å². The van der Waals surface area contributed by atoms with Crippen molar-refractivity contribution in [1.82, 2.24) is 5.48 Å². The molecule has 0 spiro atoms. The zero-order chi connectivity index (χ0) is 13.2. The Hall–Kier alpha value is -1.55. The number of hydroxylamine groups is 1. The first-order valence-corrected chi connectivity index (χ1v) is 6.50. The highest BCUT2D eigenvalue weighted by atomic mass is 35.5. The summed E-state index contributed by atoms with van der Waals surface area (Å²) in [5.41, 5.74) is 4.42. The van der Waals surface area contributed by atoms with Gasteiger partial charge in [0.2, 0.25) is 6.23 Å². The second-order valence-electron chi connectivity index (χ2n) is 4.05. The molecule has 0 fully saturated rings. The second-order valence-corrected chi connectivity index (χ2v) is 4.87. The lowest BCUT2D eigenvalue weighted by Gasteiger charge is -2.07. The highest BCUT2D eigenvalue weighted by Crippen LogP contribution is 2.29. The number of benzene rings is 2. The van der Waals surface area contributed by atoms with Crippen molar-refractivity contribution in [1.29, 1.82) is 0 Å². The Balaban J connectivity index is 1.94. The van der Waals surface area contributed by atoms with Gasteiger partial charge in [-0.3, -0.25) is 0 Å². The number of hydrogen-bond acceptors (Lipinski definition) is 3. The van der Waals surface area contributed by atoms with Crippen LogP contribution in [0.4, 0.5) is 0 Å². The topological polar surface area (TPSA) is 33.6 Å². The molecule has 0 saturated carbocycles. The van der Waals surface area contributed by atoms with Gasteiger partial charge in [0.05, 0.1) is 5.02 Å². The SMILES string of the molecule is Clc1ccccc1C1=NC(c2ccccc2Cl)ON1. The predicted octanol–water partition coefficient (Wildman–Crippen LogP) is 3.97. The molecule has 0 bridgehead atoms. The third-order valence-corrected chi connectivity index (χ3v) is 3.49. The van der Waals surface area contributed by atoms with E-state index in [9.17, 15) is 0 Å². The van der Waals surface area contributed by atoms with E-state index in [1.54, 1.807) is 0 Å². The van der Waals surface area contributed by atoms with Crippen molar-refractivity contribution < 1.29 is 4.84 Å². The molecule has 1 N–H and O–H groups in total. The average Bonchev–Trinajstić information content (AvgIpc) is 2.89. The highest BCUT2D eigenvalue weighted by molar-refractivity contribution is 6.34. The third-order valence-electron chi connectivity index (χ3n) is 2.81. The molecule has 3 nitrogen and oxygen atoms in total. The summed E-state index contributed by atoms with van der Waals surface area (Å²) in [5, 5.41) is 1.25. The molecule has 2 aromatic carbocycles. The van der Waals surface area contributed by atoms with E-state index in [-0.39, 0.29) is 0 Å². The number of aliphatic imine (C=N–C) groups is 1. The van der Waals surface area contributed by atoms with E-state index in [2.05, 4.69) is 10.5 Å². The normalized spacial score (nSPS) is 18.0. The molecular weight excluding hydrogens is 283 g/mol. The summed E-state index contributed by atoms with van der Waals surface area (Å²) < 4.78 is 0. The molecule has 0 aliphatic carbocycles. The van der Waals surface area contributed by atoms with Gasteiger partial charge in [0.25, 0.3) is 0 Å². The van der Waals surface area contributed by atoms with E-state index in [0.717, 1.165) is 11.1 Å². The molecule has 5 heteroatoms. The zero-order valence-corrected chi connectivity index (χ0v) is 11.3. The molecule has 0 amide bonds. The monoisotopic (exact) mass is 292 g/mol. The summed E-state index contributed by atoms with van der Waals surface area (Å²) in [7, 11) is 0. The molecule has 1 aliphatic heterocycles. The molecule has 2 aromatic rings. The lowest BCUT2D eigenvalue weighted by molar-refractivity contribution is 0.0377. The fourth-order valence-electron chi connectivity index (χ4n) is 1.87. The van der Waals surface area contributed by atoms with Gasteiger partial charge < -0.3 is 0 Å². The molecule has 96 valence electrons. The Morgan fingerprint density at radius 3 is 2.37 bits per heavy atom. The van der Waals surface area contributed by atoms with Crippen LogP contribution in [0.5, 0.6) is 0 Å². The van der Waals surface area contributed by atoms with Gasteiger partial charge in [0, 0.05) is 16.1 Å². The van der Waals surface area contributed by atoms with Gasteiger partial charge in [-0.15, -0.1) is 0 Å². The molecule has 1 atom stereocenters. The van der Waals surface area contributed by atoms with Gasteiger partial charge in [0.1, 0.15) is 0 Å². The summed E-state index contributed by atoms with van der Waals surface area (Å²) in [6, 6.07) is 14.9. The summed E-state index contributed by atoms with van der Waals surface area (Å²) in [5.74, 6) is 0.607. The van der Waals surface area contributed by atoms with Crippen LogP contribution >= 0.6 is 23.2 Å². The van der Waals surface area contributed by atoms with Crippen LogP contribution in [0.25, 0.3) is 0 Å². The molecule has 1 aliphatic rings. The molecule has 0 saturated heterocycles. The van der Waals surface area contributed by atoms with Crippen molar-refractivity contribution in [2.75, 3.05) is 0 Å². The van der Waals surface area contributed by atoms with Crippen molar-refractivity contribution in [3.05, 3.63) is 69.7 Å². The van der Waals surface area contributed by atoms with Crippen LogP contribution in [0.3, 0.4) is 0 Å². The maximum Gasteiger partial charge on any atom is 0.204 e. The highest BCUT2D eigenvalue weighted by Gasteiger charge is 2.23. The quantitative estimate of drug-likeness (QED) is 0.908. The molecule has 0 radical (unpaired) electrons. The van der Waals surface area contributed by atoms with E-state index < -0.39 is 6.23 Å². The third kappa shape index (κ3) is 2.45. The minimum atomic E-state index is -0.458. The largest absolute Gasteiger partial charge is 0.246 e. The molecular formula is C14H10Cl2N2O. The van der Waals surface area contributed by atoms with Crippen LogP contribution in [0.2, 0.25) is 10.0 Å². The van der Waals surface area contributed by atoms with Crippen LogP contribution in [-0.4, -0.2) is 5.84 Å². The number of halogens is 2. The first kappa shape index (κ1) is 12.5. The fraction of sp³-hybridized carbons (Fsp3) is 0.0714. The van der Waals surface area contributed by atoms with Crippen molar-refractivity contribution in [3.63, 3.8) is 0 Å². The summed E-state index contributed by atoms with van der Waals surface area (Å²) >= 11 is 12.3. The lowest BCUT2D eigenvalue weighted by atomic mass is 10.2. The smallest absolute Gasteiger partial charge is 0.204 e. The van der Waals surface area contributed by atoms with Gasteiger partial charge in [-0.05, 0) is 18.2 Å². The van der Waals surface area contributed by atoms with Gasteiger partial charge in [0.15, 0.2) is 5.84 Å². The van der Waals surface area contributed by atoms with E-state index >= 15 is 0 Å². The standard InChI is InChI=1S/C14H10Cl2N2O/c15-11-7-3-1-5-9(11)13-17-14(19-18-13)10-6-2-4-8-12(10)16/h1-8,14H,(H,17,18). The van der Waals surface area contributed by atoms with Crippen LogP contribution < -0.4 is 5.48 Å². The van der Waals surface area contributed by atoms with Crippen LogP contribution in [0.15, 0.2) is 53.5 Å². The summed E-state index contributed by atoms with van der Waals surface area (Å²) in [6.45, 7) is 0. The van der Waals surface area contributed by atoms with Gasteiger partial charge in [-0.1, -0.05) is 53.5 Å². The first-order chi connectivity index (χ1) is 9.25. The molecule has 1 unspecified atom stereocenters. The molecule has 19 heavy (non-hydrogen) atoms. The minimum absolute atomic E-state index is 0.458. The maximum atomic E-state index is 6.13. The van der Waals surface area contributed by atoms with Crippen molar-refractivity contribution in [3.8, 4) is 0 Å². The van der Waals surface area contributed by atoms with Gasteiger partial charge in [-0.2, -0.15) is 0 Å². The maximum absolute atomic E-state index is 6.13. The van der Waals surface area contributed by atoms with Crippen molar-refractivity contribution >= 4 is 29.0 Å². The predicted molar refractivity (Wildman–Crippen MR) is 76.4 cm³/mol. The van der Waals surface area contributed by atoms with E-state index in [1.807, 2.05) is 48.5 Å². The zero-order valence-electron chi connectivity index (χ0n) is 9.81. The first-order valence-electron chi connectivity index (χ1n) is 5.74. The lowest BCUT2D eigenvalue weighted by Crippen LogP contribution is -2.18. The Morgan fingerprint density at radius 2 is 1.63 bits per heavy atom. The Bertz CT molecular complexity index is 643.